The zero-order valence-corrected chi connectivity index (χ0v) is 14.6. The van der Waals surface area contributed by atoms with Crippen molar-refractivity contribution >= 4 is 35.2 Å². The second kappa shape index (κ2) is 6.71. The fourth-order valence-corrected chi connectivity index (χ4v) is 3.81. The van der Waals surface area contributed by atoms with E-state index in [9.17, 15) is 5.26 Å². The fraction of sp³-hybridized carbons (Fsp3) is 0.333. The highest BCUT2D eigenvalue weighted by Crippen LogP contribution is 2.22. The highest BCUT2D eigenvalue weighted by Gasteiger charge is 2.10. The first-order chi connectivity index (χ1) is 9.92. The molecule has 2 rings (SSSR count). The smallest absolute Gasteiger partial charge is 0.125 e. The van der Waals surface area contributed by atoms with Crippen LogP contribution in [-0.2, 0) is 13.2 Å². The molecule has 2 heterocycles. The number of aromatic nitrogens is 1. The van der Waals surface area contributed by atoms with Crippen molar-refractivity contribution in [2.24, 2.45) is 0 Å². The van der Waals surface area contributed by atoms with Gasteiger partial charge in [-0.2, -0.15) is 5.26 Å². The average molecular weight is 338 g/mol. The molecule has 2 aromatic heterocycles. The van der Waals surface area contributed by atoms with Crippen molar-refractivity contribution in [3.05, 3.63) is 48.9 Å². The van der Waals surface area contributed by atoms with Crippen LogP contribution < -0.4 is 0 Å². The van der Waals surface area contributed by atoms with Crippen LogP contribution in [0.1, 0.15) is 21.7 Å². The van der Waals surface area contributed by atoms with Gasteiger partial charge in [-0.25, -0.2) is 0 Å². The van der Waals surface area contributed by atoms with Crippen LogP contribution in [0.25, 0.3) is 0 Å². The van der Waals surface area contributed by atoms with E-state index in [0.717, 1.165) is 22.1 Å². The molecule has 0 N–H and O–H groups in total. The summed E-state index contributed by atoms with van der Waals surface area (Å²) in [6.45, 7) is 5.38. The molecule has 0 saturated heterocycles. The van der Waals surface area contributed by atoms with Gasteiger partial charge >= 0.3 is 0 Å². The van der Waals surface area contributed by atoms with Crippen LogP contribution >= 0.6 is 35.2 Å². The molecule has 0 bridgehead atoms. The zero-order valence-electron chi connectivity index (χ0n) is 12.2. The fourth-order valence-electron chi connectivity index (χ4n) is 2.23. The molecule has 0 aliphatic carbocycles. The van der Waals surface area contributed by atoms with E-state index in [2.05, 4.69) is 11.0 Å². The van der Waals surface area contributed by atoms with E-state index >= 15 is 0 Å². The van der Waals surface area contributed by atoms with E-state index < -0.39 is 0 Å². The van der Waals surface area contributed by atoms with Gasteiger partial charge in [0.05, 0.1) is 16.6 Å². The number of nitriles is 1. The van der Waals surface area contributed by atoms with Crippen molar-refractivity contribution in [3.63, 3.8) is 0 Å². The molecule has 0 unspecified atom stereocenters. The van der Waals surface area contributed by atoms with Crippen molar-refractivity contribution in [3.8, 4) is 6.07 Å². The Hall–Kier alpha value is -1.19. The Morgan fingerprint density at radius 3 is 2.71 bits per heavy atom. The molecule has 6 heteroatoms. The van der Waals surface area contributed by atoms with E-state index in [4.69, 9.17) is 23.8 Å². The standard InChI is InChI=1S/C15H16ClN3S2/c1-10-6-11(2)19(15(20)13(10)7-17)9-18(3)8-12-4-5-14(16)21-12/h4-6H,8-9H2,1-3H3. The maximum Gasteiger partial charge on any atom is 0.125 e. The largest absolute Gasteiger partial charge is 0.322 e. The summed E-state index contributed by atoms with van der Waals surface area (Å²) in [6, 6.07) is 8.14. The minimum atomic E-state index is 0.586. The molecule has 0 aliphatic heterocycles. The molecule has 2 aromatic rings. The summed E-state index contributed by atoms with van der Waals surface area (Å²) in [5.41, 5.74) is 2.58. The topological polar surface area (TPSA) is 32.0 Å². The van der Waals surface area contributed by atoms with Crippen LogP contribution in [0.4, 0.5) is 0 Å². The molecule has 110 valence electrons. The quantitative estimate of drug-likeness (QED) is 0.769. The van der Waals surface area contributed by atoms with Gasteiger partial charge in [0, 0.05) is 17.1 Å². The molecule has 0 fully saturated rings. The van der Waals surface area contributed by atoms with Crippen LogP contribution in [0.2, 0.25) is 4.34 Å². The highest BCUT2D eigenvalue weighted by atomic mass is 35.5. The molecule has 3 nitrogen and oxygen atoms in total. The number of pyridine rings is 1. The molecule has 0 atom stereocenters. The molecule has 0 radical (unpaired) electrons. The molecule has 0 saturated carbocycles. The van der Waals surface area contributed by atoms with Gasteiger partial charge in [0.25, 0.3) is 0 Å². The third kappa shape index (κ3) is 3.72. The molecule has 0 aliphatic rings. The van der Waals surface area contributed by atoms with Crippen LogP contribution in [0, 0.1) is 29.8 Å². The van der Waals surface area contributed by atoms with E-state index in [-0.39, 0.29) is 0 Å². The van der Waals surface area contributed by atoms with Gasteiger partial charge in [-0.1, -0.05) is 23.8 Å². The van der Waals surface area contributed by atoms with Crippen LogP contribution in [0.3, 0.4) is 0 Å². The monoisotopic (exact) mass is 337 g/mol. The van der Waals surface area contributed by atoms with E-state index in [1.165, 1.54) is 4.88 Å². The summed E-state index contributed by atoms with van der Waals surface area (Å²) in [6.07, 6.45) is 0. The normalized spacial score (nSPS) is 10.9. The maximum atomic E-state index is 9.23. The molecule has 0 amide bonds. The lowest BCUT2D eigenvalue weighted by Gasteiger charge is -2.21. The average Bonchev–Trinajstić information content (AvgIpc) is 2.80. The first kappa shape index (κ1) is 16.2. The Balaban J connectivity index is 2.23. The van der Waals surface area contributed by atoms with Crippen molar-refractivity contribution in [1.82, 2.24) is 9.47 Å². The van der Waals surface area contributed by atoms with Gasteiger partial charge in [0.2, 0.25) is 0 Å². The molecular formula is C15H16ClN3S2. The van der Waals surface area contributed by atoms with Crippen molar-refractivity contribution in [1.29, 1.82) is 5.26 Å². The Bertz CT molecular complexity index is 755. The second-order valence-electron chi connectivity index (χ2n) is 5.05. The van der Waals surface area contributed by atoms with Crippen molar-refractivity contribution in [2.75, 3.05) is 7.05 Å². The zero-order chi connectivity index (χ0) is 15.6. The Morgan fingerprint density at radius 1 is 1.43 bits per heavy atom. The van der Waals surface area contributed by atoms with E-state index in [0.29, 0.717) is 16.9 Å². The summed E-state index contributed by atoms with van der Waals surface area (Å²) in [5.74, 6) is 0. The van der Waals surface area contributed by atoms with Gasteiger partial charge in [-0.15, -0.1) is 11.3 Å². The molecular weight excluding hydrogens is 322 g/mol. The van der Waals surface area contributed by atoms with Crippen LogP contribution in [0.15, 0.2) is 18.2 Å². The maximum absolute atomic E-state index is 9.23. The first-order valence-electron chi connectivity index (χ1n) is 6.46. The Morgan fingerprint density at radius 2 is 2.14 bits per heavy atom. The third-order valence-electron chi connectivity index (χ3n) is 3.25. The number of thiophene rings is 1. The summed E-state index contributed by atoms with van der Waals surface area (Å²) < 4.78 is 3.40. The number of hydrogen-bond donors (Lipinski definition) is 0. The highest BCUT2D eigenvalue weighted by molar-refractivity contribution is 7.71. The number of aryl methyl sites for hydroxylation is 2. The molecule has 0 aromatic carbocycles. The van der Waals surface area contributed by atoms with Crippen molar-refractivity contribution < 1.29 is 0 Å². The lowest BCUT2D eigenvalue weighted by Crippen LogP contribution is -2.23. The first-order valence-corrected chi connectivity index (χ1v) is 8.06. The number of nitrogens with zero attached hydrogens (tertiary/aromatic N) is 3. The summed E-state index contributed by atoms with van der Waals surface area (Å²) in [4.78, 5) is 3.36. The summed E-state index contributed by atoms with van der Waals surface area (Å²) >= 11 is 13.0. The second-order valence-corrected chi connectivity index (χ2v) is 7.24. The van der Waals surface area contributed by atoms with E-state index in [1.807, 2.05) is 43.7 Å². The predicted octanol–water partition coefficient (Wildman–Crippen LogP) is 4.51. The van der Waals surface area contributed by atoms with Crippen LogP contribution in [0.5, 0.6) is 0 Å². The Labute approximate surface area is 139 Å². The van der Waals surface area contributed by atoms with Gasteiger partial charge in [0.15, 0.2) is 0 Å². The molecule has 0 spiro atoms. The molecule has 21 heavy (non-hydrogen) atoms. The van der Waals surface area contributed by atoms with Gasteiger partial charge in [0.1, 0.15) is 10.7 Å². The van der Waals surface area contributed by atoms with Gasteiger partial charge < -0.3 is 4.57 Å². The summed E-state index contributed by atoms with van der Waals surface area (Å²) in [5, 5.41) is 9.23. The predicted molar refractivity (Wildman–Crippen MR) is 90.3 cm³/mol. The van der Waals surface area contributed by atoms with E-state index in [1.54, 1.807) is 11.3 Å². The van der Waals surface area contributed by atoms with Gasteiger partial charge in [-0.05, 0) is 44.7 Å². The lowest BCUT2D eigenvalue weighted by molar-refractivity contribution is 0.258. The number of halogens is 1. The lowest BCUT2D eigenvalue weighted by atomic mass is 10.1. The third-order valence-corrected chi connectivity index (χ3v) is 4.89. The minimum Gasteiger partial charge on any atom is -0.322 e. The Kier molecular flexibility index (Phi) is 5.17. The van der Waals surface area contributed by atoms with Crippen molar-refractivity contribution in [2.45, 2.75) is 27.1 Å². The number of hydrogen-bond acceptors (Lipinski definition) is 4. The van der Waals surface area contributed by atoms with Crippen LogP contribution in [-0.4, -0.2) is 16.5 Å². The summed E-state index contributed by atoms with van der Waals surface area (Å²) in [7, 11) is 2.03. The minimum absolute atomic E-state index is 0.586. The number of rotatable bonds is 4. The van der Waals surface area contributed by atoms with Gasteiger partial charge in [-0.3, -0.25) is 4.90 Å². The SMILES string of the molecule is Cc1cc(C)n(CN(C)Cc2ccc(Cl)s2)c(=S)c1C#N.